The van der Waals surface area contributed by atoms with Gasteiger partial charge in [0.05, 0.1) is 22.8 Å². The lowest BCUT2D eigenvalue weighted by Crippen LogP contribution is -1.95. The number of rotatable bonds is 2. The van der Waals surface area contributed by atoms with Crippen molar-refractivity contribution < 1.29 is 0 Å². The summed E-state index contributed by atoms with van der Waals surface area (Å²) in [7, 11) is 0. The van der Waals surface area contributed by atoms with Crippen LogP contribution in [0, 0.1) is 13.8 Å². The van der Waals surface area contributed by atoms with Crippen molar-refractivity contribution in [2.75, 3.05) is 0 Å². The second kappa shape index (κ2) is 5.13. The van der Waals surface area contributed by atoms with Gasteiger partial charge in [0, 0.05) is 12.4 Å². The largest absolute Gasteiger partial charge is 0.245 e. The first-order valence-corrected chi connectivity index (χ1v) is 6.29. The zero-order valence-electron chi connectivity index (χ0n) is 11.3. The van der Waals surface area contributed by atoms with Crippen LogP contribution in [0.25, 0.3) is 22.8 Å². The molecule has 0 radical (unpaired) electrons. The van der Waals surface area contributed by atoms with Crippen LogP contribution in [0.1, 0.15) is 11.6 Å². The zero-order chi connectivity index (χ0) is 13.9. The molecular formula is C15H13N5. The fourth-order valence-corrected chi connectivity index (χ4v) is 1.92. The lowest BCUT2D eigenvalue weighted by molar-refractivity contribution is 1.04. The van der Waals surface area contributed by atoms with Crippen LogP contribution in [0.4, 0.5) is 0 Å². The van der Waals surface area contributed by atoms with E-state index < -0.39 is 0 Å². The topological polar surface area (TPSA) is 64.5 Å². The molecule has 0 aliphatic heterocycles. The lowest BCUT2D eigenvalue weighted by atomic mass is 10.2. The number of hydrogen-bond acceptors (Lipinski definition) is 5. The molecule has 3 aromatic rings. The third-order valence-electron chi connectivity index (χ3n) is 2.83. The van der Waals surface area contributed by atoms with E-state index in [2.05, 4.69) is 24.9 Å². The van der Waals surface area contributed by atoms with Gasteiger partial charge >= 0.3 is 0 Å². The van der Waals surface area contributed by atoms with Gasteiger partial charge in [0.15, 0.2) is 0 Å². The summed E-state index contributed by atoms with van der Waals surface area (Å²) >= 11 is 0. The Bertz CT molecular complexity index is 694. The highest BCUT2D eigenvalue weighted by molar-refractivity contribution is 5.61. The predicted octanol–water partition coefficient (Wildman–Crippen LogP) is 2.61. The monoisotopic (exact) mass is 263 g/mol. The number of aromatic nitrogens is 5. The van der Waals surface area contributed by atoms with Crippen molar-refractivity contribution in [3.05, 3.63) is 54.4 Å². The SMILES string of the molecule is Cc1nccc(-c2cccc(-c3ccnc(C)n3)n2)n1. The normalized spacial score (nSPS) is 10.5. The van der Waals surface area contributed by atoms with E-state index in [1.165, 1.54) is 0 Å². The Morgan fingerprint density at radius 3 is 1.50 bits per heavy atom. The molecule has 5 heteroatoms. The predicted molar refractivity (Wildman–Crippen MR) is 75.8 cm³/mol. The maximum absolute atomic E-state index is 4.61. The summed E-state index contributed by atoms with van der Waals surface area (Å²) in [5.74, 6) is 1.46. The van der Waals surface area contributed by atoms with Gasteiger partial charge in [-0.25, -0.2) is 24.9 Å². The first-order chi connectivity index (χ1) is 9.72. The molecule has 0 aliphatic carbocycles. The first-order valence-electron chi connectivity index (χ1n) is 6.29. The number of aryl methyl sites for hydroxylation is 2. The van der Waals surface area contributed by atoms with Gasteiger partial charge in [-0.3, -0.25) is 0 Å². The number of hydrogen-bond donors (Lipinski definition) is 0. The van der Waals surface area contributed by atoms with Crippen molar-refractivity contribution in [1.82, 2.24) is 24.9 Å². The lowest BCUT2D eigenvalue weighted by Gasteiger charge is -2.04. The Balaban J connectivity index is 2.06. The van der Waals surface area contributed by atoms with E-state index in [-0.39, 0.29) is 0 Å². The molecule has 0 atom stereocenters. The van der Waals surface area contributed by atoms with E-state index in [0.29, 0.717) is 0 Å². The average molecular weight is 263 g/mol. The summed E-state index contributed by atoms with van der Waals surface area (Å²) in [6.07, 6.45) is 3.47. The van der Waals surface area contributed by atoms with Crippen molar-refractivity contribution >= 4 is 0 Å². The van der Waals surface area contributed by atoms with Crippen LogP contribution in [0.3, 0.4) is 0 Å². The molecular weight excluding hydrogens is 250 g/mol. The molecule has 3 heterocycles. The molecule has 20 heavy (non-hydrogen) atoms. The first kappa shape index (κ1) is 12.3. The van der Waals surface area contributed by atoms with Gasteiger partial charge in [-0.2, -0.15) is 0 Å². The molecule has 0 amide bonds. The summed E-state index contributed by atoms with van der Waals surface area (Å²) in [6, 6.07) is 9.51. The molecule has 98 valence electrons. The summed E-state index contributed by atoms with van der Waals surface area (Å²) in [5, 5.41) is 0. The third-order valence-corrected chi connectivity index (χ3v) is 2.83. The molecule has 0 aliphatic rings. The van der Waals surface area contributed by atoms with Gasteiger partial charge in [-0.15, -0.1) is 0 Å². The Morgan fingerprint density at radius 2 is 1.05 bits per heavy atom. The highest BCUT2D eigenvalue weighted by Gasteiger charge is 2.06. The van der Waals surface area contributed by atoms with Crippen LogP contribution >= 0.6 is 0 Å². The summed E-state index contributed by atoms with van der Waals surface area (Å²) in [4.78, 5) is 21.6. The standard InChI is InChI=1S/C15H13N5/c1-10-16-8-6-14(18-10)12-4-3-5-13(20-12)15-7-9-17-11(2)19-15/h3-9H,1-2H3. The van der Waals surface area contributed by atoms with Crippen LogP contribution in [0.15, 0.2) is 42.7 Å². The van der Waals surface area contributed by atoms with E-state index in [4.69, 9.17) is 0 Å². The van der Waals surface area contributed by atoms with E-state index in [1.54, 1.807) is 12.4 Å². The minimum Gasteiger partial charge on any atom is -0.245 e. The molecule has 0 fully saturated rings. The summed E-state index contributed by atoms with van der Waals surface area (Å²) < 4.78 is 0. The second-order valence-corrected chi connectivity index (χ2v) is 4.39. The molecule has 0 bridgehead atoms. The van der Waals surface area contributed by atoms with Gasteiger partial charge in [0.25, 0.3) is 0 Å². The van der Waals surface area contributed by atoms with Gasteiger partial charge in [-0.1, -0.05) is 6.07 Å². The number of nitrogens with zero attached hydrogens (tertiary/aromatic N) is 5. The molecule has 0 saturated carbocycles. The minimum atomic E-state index is 0.729. The Labute approximate surface area is 116 Å². The van der Waals surface area contributed by atoms with Crippen molar-refractivity contribution in [1.29, 1.82) is 0 Å². The molecule has 0 spiro atoms. The van der Waals surface area contributed by atoms with Crippen molar-refractivity contribution in [3.8, 4) is 22.8 Å². The molecule has 3 aromatic heterocycles. The highest BCUT2D eigenvalue weighted by atomic mass is 14.9. The molecule has 5 nitrogen and oxygen atoms in total. The van der Waals surface area contributed by atoms with Crippen LogP contribution < -0.4 is 0 Å². The summed E-state index contributed by atoms with van der Waals surface area (Å²) in [5.41, 5.74) is 3.24. The fourth-order valence-electron chi connectivity index (χ4n) is 1.92. The van der Waals surface area contributed by atoms with E-state index >= 15 is 0 Å². The van der Waals surface area contributed by atoms with Crippen LogP contribution in [-0.2, 0) is 0 Å². The van der Waals surface area contributed by atoms with Crippen molar-refractivity contribution in [3.63, 3.8) is 0 Å². The minimum absolute atomic E-state index is 0.729. The molecule has 0 saturated heterocycles. The zero-order valence-corrected chi connectivity index (χ0v) is 11.3. The van der Waals surface area contributed by atoms with Crippen LogP contribution in [0.2, 0.25) is 0 Å². The Hall–Kier alpha value is -2.69. The van der Waals surface area contributed by atoms with E-state index in [1.807, 2.05) is 44.2 Å². The Morgan fingerprint density at radius 1 is 0.600 bits per heavy atom. The third kappa shape index (κ3) is 2.51. The molecule has 0 aromatic carbocycles. The molecule has 3 rings (SSSR count). The van der Waals surface area contributed by atoms with Crippen LogP contribution in [0.5, 0.6) is 0 Å². The van der Waals surface area contributed by atoms with Crippen molar-refractivity contribution in [2.24, 2.45) is 0 Å². The fraction of sp³-hybridized carbons (Fsp3) is 0.133. The van der Waals surface area contributed by atoms with Gasteiger partial charge in [-0.05, 0) is 38.1 Å². The quantitative estimate of drug-likeness (QED) is 0.711. The van der Waals surface area contributed by atoms with E-state index in [9.17, 15) is 0 Å². The maximum Gasteiger partial charge on any atom is 0.125 e. The number of pyridine rings is 1. The van der Waals surface area contributed by atoms with Gasteiger partial charge in [0.1, 0.15) is 11.6 Å². The molecule has 0 unspecified atom stereocenters. The van der Waals surface area contributed by atoms with Crippen molar-refractivity contribution in [2.45, 2.75) is 13.8 Å². The van der Waals surface area contributed by atoms with Crippen LogP contribution in [-0.4, -0.2) is 24.9 Å². The van der Waals surface area contributed by atoms with E-state index in [0.717, 1.165) is 34.4 Å². The highest BCUT2D eigenvalue weighted by Crippen LogP contribution is 2.19. The smallest absolute Gasteiger partial charge is 0.125 e. The average Bonchev–Trinajstić information content (AvgIpc) is 2.47. The molecule has 0 N–H and O–H groups in total. The Kier molecular flexibility index (Phi) is 3.16. The van der Waals surface area contributed by atoms with Gasteiger partial charge < -0.3 is 0 Å². The van der Waals surface area contributed by atoms with Gasteiger partial charge in [0.2, 0.25) is 0 Å². The second-order valence-electron chi connectivity index (χ2n) is 4.39. The maximum atomic E-state index is 4.61. The summed E-state index contributed by atoms with van der Waals surface area (Å²) in [6.45, 7) is 3.72.